The van der Waals surface area contributed by atoms with Gasteiger partial charge in [0.05, 0.1) is 0 Å². The largest absolute Gasteiger partial charge is 0.308 e. The molecule has 1 aromatic heterocycles. The minimum absolute atomic E-state index is 0. The van der Waals surface area contributed by atoms with E-state index in [1.54, 1.807) is 6.20 Å². The van der Waals surface area contributed by atoms with E-state index in [-0.39, 0.29) is 12.4 Å². The summed E-state index contributed by atoms with van der Waals surface area (Å²) in [4.78, 5) is 3.97. The van der Waals surface area contributed by atoms with Gasteiger partial charge < -0.3 is 5.32 Å². The maximum absolute atomic E-state index is 5.85. The van der Waals surface area contributed by atoms with Gasteiger partial charge in [0.2, 0.25) is 0 Å². The lowest BCUT2D eigenvalue weighted by molar-refractivity contribution is 0.754. The van der Waals surface area contributed by atoms with Crippen molar-refractivity contribution in [3.05, 3.63) is 40.1 Å². The van der Waals surface area contributed by atoms with E-state index >= 15 is 0 Å². The number of hydrogen-bond acceptors (Lipinski definition) is 2. The Kier molecular flexibility index (Phi) is 7.19. The fourth-order valence-corrected chi connectivity index (χ4v) is 1.27. The van der Waals surface area contributed by atoms with Crippen molar-refractivity contribution >= 4 is 39.9 Å². The number of hydrogen-bond donors (Lipinski definition) is 1. The van der Waals surface area contributed by atoms with Crippen LogP contribution in [0.1, 0.15) is 5.56 Å². The van der Waals surface area contributed by atoms with Crippen LogP contribution in [-0.2, 0) is 6.54 Å². The van der Waals surface area contributed by atoms with Gasteiger partial charge >= 0.3 is 0 Å². The van der Waals surface area contributed by atoms with Crippen molar-refractivity contribution in [2.75, 3.05) is 6.54 Å². The van der Waals surface area contributed by atoms with Crippen molar-refractivity contribution in [2.45, 2.75) is 6.54 Å². The summed E-state index contributed by atoms with van der Waals surface area (Å²) in [6.45, 7) is 5.15. The normalized spacial score (nSPS) is 9.29. The monoisotopic (exact) mass is 296 g/mol. The lowest BCUT2D eigenvalue weighted by atomic mass is 10.3. The Balaban J connectivity index is 0.00000169. The molecule has 0 atom stereocenters. The first-order chi connectivity index (χ1) is 6.20. The maximum atomic E-state index is 5.85. The van der Waals surface area contributed by atoms with Crippen LogP contribution in [0, 0.1) is 0 Å². The Labute approximate surface area is 103 Å². The molecule has 2 nitrogen and oxygen atoms in total. The van der Waals surface area contributed by atoms with Gasteiger partial charge in [-0.15, -0.1) is 12.4 Å². The van der Waals surface area contributed by atoms with Gasteiger partial charge in [-0.05, 0) is 6.07 Å². The number of nitrogens with one attached hydrogen (secondary N) is 1. The molecule has 5 heteroatoms. The highest BCUT2D eigenvalue weighted by Crippen LogP contribution is 2.10. The summed E-state index contributed by atoms with van der Waals surface area (Å²) in [6, 6.07) is 3.81. The van der Waals surface area contributed by atoms with Crippen molar-refractivity contribution in [3.8, 4) is 0 Å². The zero-order valence-corrected chi connectivity index (χ0v) is 10.6. The van der Waals surface area contributed by atoms with E-state index < -0.39 is 0 Å². The fourth-order valence-electron chi connectivity index (χ4n) is 0.884. The molecule has 0 amide bonds. The predicted octanol–water partition coefficient (Wildman–Crippen LogP) is 3.16. The molecule has 1 rings (SSSR count). The molecule has 14 heavy (non-hydrogen) atoms. The number of rotatable bonds is 4. The van der Waals surface area contributed by atoms with Crippen LogP contribution in [-0.4, -0.2) is 11.5 Å². The van der Waals surface area contributed by atoms with Crippen LogP contribution in [0.15, 0.2) is 29.4 Å². The zero-order valence-electron chi connectivity index (χ0n) is 7.46. The summed E-state index contributed by atoms with van der Waals surface area (Å²) in [5.41, 5.74) is 0.998. The molecular formula is C9H11BrCl2N2. The highest BCUT2D eigenvalue weighted by Gasteiger charge is 1.98. The summed E-state index contributed by atoms with van der Waals surface area (Å²) in [5, 5.41) is 3.72. The molecule has 78 valence electrons. The predicted molar refractivity (Wildman–Crippen MR) is 66.3 cm³/mol. The number of halogens is 3. The Hall–Kier alpha value is -0.0900. The molecule has 0 saturated heterocycles. The van der Waals surface area contributed by atoms with Gasteiger partial charge in [-0.2, -0.15) is 0 Å². The van der Waals surface area contributed by atoms with Crippen molar-refractivity contribution in [1.82, 2.24) is 10.3 Å². The molecule has 1 N–H and O–H groups in total. The molecular weight excluding hydrogens is 287 g/mol. The Morgan fingerprint density at radius 3 is 2.93 bits per heavy atom. The van der Waals surface area contributed by atoms with Gasteiger partial charge in [0.25, 0.3) is 0 Å². The van der Waals surface area contributed by atoms with Gasteiger partial charge in [-0.3, -0.25) is 0 Å². The van der Waals surface area contributed by atoms with Crippen LogP contribution in [0.3, 0.4) is 0 Å². The van der Waals surface area contributed by atoms with Gasteiger partial charge in [-0.1, -0.05) is 40.2 Å². The number of aromatic nitrogens is 1. The number of pyridine rings is 1. The first-order valence-electron chi connectivity index (χ1n) is 3.83. The second kappa shape index (κ2) is 7.23. The molecule has 0 spiro atoms. The molecule has 0 radical (unpaired) electrons. The summed E-state index contributed by atoms with van der Waals surface area (Å²) in [6.07, 6.45) is 1.68. The van der Waals surface area contributed by atoms with Crippen LogP contribution in [0.4, 0.5) is 0 Å². The smallest absolute Gasteiger partial charge is 0.133 e. The van der Waals surface area contributed by atoms with E-state index in [1.807, 2.05) is 12.1 Å². The van der Waals surface area contributed by atoms with E-state index in [4.69, 9.17) is 11.6 Å². The minimum Gasteiger partial charge on any atom is -0.308 e. The lowest BCUT2D eigenvalue weighted by Gasteiger charge is -2.04. The first kappa shape index (κ1) is 13.9. The Morgan fingerprint density at radius 1 is 1.64 bits per heavy atom. The third kappa shape index (κ3) is 4.96. The average Bonchev–Trinajstić information content (AvgIpc) is 2.08. The maximum Gasteiger partial charge on any atom is 0.133 e. The van der Waals surface area contributed by atoms with Gasteiger partial charge in [0.1, 0.15) is 5.15 Å². The number of nitrogens with zero attached hydrogens (tertiary/aromatic N) is 1. The summed E-state index contributed by atoms with van der Waals surface area (Å²) in [5.74, 6) is 0. The van der Waals surface area contributed by atoms with Crippen LogP contribution in [0.5, 0.6) is 0 Å². The highest BCUT2D eigenvalue weighted by molar-refractivity contribution is 9.11. The Bertz CT molecular complexity index is 305. The minimum atomic E-state index is 0. The van der Waals surface area contributed by atoms with Crippen molar-refractivity contribution in [2.24, 2.45) is 0 Å². The molecule has 0 aliphatic heterocycles. The second-order valence-electron chi connectivity index (χ2n) is 2.57. The highest BCUT2D eigenvalue weighted by atomic mass is 79.9. The summed E-state index contributed by atoms with van der Waals surface area (Å²) in [7, 11) is 0. The Morgan fingerprint density at radius 2 is 2.36 bits per heavy atom. The second-order valence-corrected chi connectivity index (χ2v) is 4.05. The van der Waals surface area contributed by atoms with Crippen molar-refractivity contribution < 1.29 is 0 Å². The van der Waals surface area contributed by atoms with Crippen LogP contribution >= 0.6 is 39.9 Å². The van der Waals surface area contributed by atoms with Gasteiger partial charge in [0.15, 0.2) is 0 Å². The van der Waals surface area contributed by atoms with E-state index in [9.17, 15) is 0 Å². The van der Waals surface area contributed by atoms with Crippen LogP contribution in [0.2, 0.25) is 5.15 Å². The molecule has 0 unspecified atom stereocenters. The standard InChI is InChI=1S/C9H10BrClN2.ClH/c1-7(10)5-12-6-8-3-2-4-13-9(8)11;/h2-4,12H,1,5-6H2;1H. The van der Waals surface area contributed by atoms with Gasteiger partial charge in [-0.25, -0.2) is 4.98 Å². The summed E-state index contributed by atoms with van der Waals surface area (Å²) < 4.78 is 0.924. The molecule has 0 saturated carbocycles. The molecule has 0 bridgehead atoms. The van der Waals surface area contributed by atoms with E-state index in [2.05, 4.69) is 32.8 Å². The van der Waals surface area contributed by atoms with Crippen molar-refractivity contribution in [3.63, 3.8) is 0 Å². The van der Waals surface area contributed by atoms with Crippen LogP contribution < -0.4 is 5.32 Å². The molecule has 1 aromatic rings. The topological polar surface area (TPSA) is 24.9 Å². The fraction of sp³-hybridized carbons (Fsp3) is 0.222. The van der Waals surface area contributed by atoms with Gasteiger partial charge in [0, 0.05) is 29.3 Å². The molecule has 0 aromatic carbocycles. The molecule has 0 aliphatic carbocycles. The molecule has 1 heterocycles. The molecule has 0 aliphatic rings. The third-order valence-electron chi connectivity index (χ3n) is 1.47. The van der Waals surface area contributed by atoms with E-state index in [0.717, 1.165) is 16.6 Å². The molecule has 0 fully saturated rings. The average molecular weight is 298 g/mol. The van der Waals surface area contributed by atoms with E-state index in [1.165, 1.54) is 0 Å². The quantitative estimate of drug-likeness (QED) is 0.864. The van der Waals surface area contributed by atoms with Crippen LogP contribution in [0.25, 0.3) is 0 Å². The summed E-state index contributed by atoms with van der Waals surface area (Å²) >= 11 is 9.12. The van der Waals surface area contributed by atoms with E-state index in [0.29, 0.717) is 11.7 Å². The van der Waals surface area contributed by atoms with Crippen molar-refractivity contribution in [1.29, 1.82) is 0 Å². The lowest BCUT2D eigenvalue weighted by Crippen LogP contribution is -2.14. The first-order valence-corrected chi connectivity index (χ1v) is 5.00. The third-order valence-corrected chi connectivity index (χ3v) is 2.09. The SMILES string of the molecule is C=C(Br)CNCc1cccnc1Cl.Cl. The zero-order chi connectivity index (χ0) is 9.68.